The van der Waals surface area contributed by atoms with Gasteiger partial charge in [-0.1, -0.05) is 26.0 Å². The monoisotopic (exact) mass is 296 g/mol. The molecule has 0 aliphatic rings. The van der Waals surface area contributed by atoms with Crippen molar-refractivity contribution in [3.63, 3.8) is 0 Å². The number of rotatable bonds is 8. The maximum atomic E-state index is 12.9. The number of likely N-dealkylation sites (N-methyl/N-ethyl adjacent to an activating group) is 1. The van der Waals surface area contributed by atoms with Crippen molar-refractivity contribution in [3.05, 3.63) is 35.6 Å². The molecule has 1 rings (SSSR count). The number of benzene rings is 1. The minimum Gasteiger partial charge on any atom is -0.387 e. The van der Waals surface area contributed by atoms with Crippen molar-refractivity contribution in [1.82, 2.24) is 10.2 Å². The van der Waals surface area contributed by atoms with Crippen LogP contribution in [0.2, 0.25) is 0 Å². The largest absolute Gasteiger partial charge is 0.387 e. The Balaban J connectivity index is 2.66. The zero-order chi connectivity index (χ0) is 15.8. The standard InChI is InChI=1S/C16H25FN2O2/c1-4-18-16(21)11-19(9-12(2)3)10-15(20)13-5-7-14(17)8-6-13/h5-8,12,15,20H,4,9-11H2,1-3H3,(H,18,21). The molecule has 1 unspecified atom stereocenters. The third-order valence-corrected chi connectivity index (χ3v) is 3.05. The molecule has 118 valence electrons. The van der Waals surface area contributed by atoms with Gasteiger partial charge in [-0.3, -0.25) is 9.69 Å². The molecule has 0 bridgehead atoms. The van der Waals surface area contributed by atoms with E-state index in [-0.39, 0.29) is 18.3 Å². The summed E-state index contributed by atoms with van der Waals surface area (Å²) in [5.74, 6) is 0.0108. The number of amides is 1. The van der Waals surface area contributed by atoms with E-state index in [1.165, 1.54) is 12.1 Å². The van der Waals surface area contributed by atoms with E-state index < -0.39 is 6.10 Å². The molecule has 5 heteroatoms. The summed E-state index contributed by atoms with van der Waals surface area (Å²) in [5, 5.41) is 13.0. The fourth-order valence-electron chi connectivity index (χ4n) is 2.21. The Labute approximate surface area is 126 Å². The first kappa shape index (κ1) is 17.6. The fourth-order valence-corrected chi connectivity index (χ4v) is 2.21. The first-order valence-corrected chi connectivity index (χ1v) is 7.35. The van der Waals surface area contributed by atoms with Crippen molar-refractivity contribution in [2.45, 2.75) is 26.9 Å². The van der Waals surface area contributed by atoms with Crippen LogP contribution in [0.5, 0.6) is 0 Å². The van der Waals surface area contributed by atoms with Crippen molar-refractivity contribution in [2.24, 2.45) is 5.92 Å². The van der Waals surface area contributed by atoms with Gasteiger partial charge in [-0.25, -0.2) is 4.39 Å². The van der Waals surface area contributed by atoms with Crippen LogP contribution >= 0.6 is 0 Å². The van der Waals surface area contributed by atoms with Crippen molar-refractivity contribution in [2.75, 3.05) is 26.2 Å². The molecule has 0 heterocycles. The lowest BCUT2D eigenvalue weighted by atomic mass is 10.1. The Kier molecular flexibility index (Phi) is 7.32. The molecule has 0 aromatic heterocycles. The Morgan fingerprint density at radius 3 is 2.43 bits per heavy atom. The average Bonchev–Trinajstić information content (AvgIpc) is 2.38. The van der Waals surface area contributed by atoms with Crippen LogP contribution in [-0.2, 0) is 4.79 Å². The molecule has 0 fully saturated rings. The second-order valence-electron chi connectivity index (χ2n) is 5.61. The number of hydrogen-bond donors (Lipinski definition) is 2. The van der Waals surface area contributed by atoms with Gasteiger partial charge in [-0.15, -0.1) is 0 Å². The maximum Gasteiger partial charge on any atom is 0.234 e. The molecule has 1 aromatic rings. The van der Waals surface area contributed by atoms with Crippen molar-refractivity contribution < 1.29 is 14.3 Å². The fraction of sp³-hybridized carbons (Fsp3) is 0.562. The lowest BCUT2D eigenvalue weighted by molar-refractivity contribution is -0.122. The van der Waals surface area contributed by atoms with Gasteiger partial charge in [0, 0.05) is 19.6 Å². The van der Waals surface area contributed by atoms with Gasteiger partial charge in [0.15, 0.2) is 0 Å². The van der Waals surface area contributed by atoms with Gasteiger partial charge < -0.3 is 10.4 Å². The number of hydrogen-bond acceptors (Lipinski definition) is 3. The molecule has 2 N–H and O–H groups in total. The normalized spacial score (nSPS) is 12.7. The highest BCUT2D eigenvalue weighted by Crippen LogP contribution is 2.15. The van der Waals surface area contributed by atoms with E-state index >= 15 is 0 Å². The predicted molar refractivity (Wildman–Crippen MR) is 81.3 cm³/mol. The quantitative estimate of drug-likeness (QED) is 0.771. The van der Waals surface area contributed by atoms with Gasteiger partial charge >= 0.3 is 0 Å². The number of carbonyl (C=O) groups is 1. The predicted octanol–water partition coefficient (Wildman–Crippen LogP) is 1.95. The molecule has 21 heavy (non-hydrogen) atoms. The highest BCUT2D eigenvalue weighted by Gasteiger charge is 2.17. The van der Waals surface area contributed by atoms with Gasteiger partial charge in [-0.2, -0.15) is 0 Å². The number of aliphatic hydroxyl groups excluding tert-OH is 1. The smallest absolute Gasteiger partial charge is 0.234 e. The number of halogens is 1. The molecule has 0 spiro atoms. The molecule has 0 radical (unpaired) electrons. The van der Waals surface area contributed by atoms with Gasteiger partial charge in [-0.05, 0) is 30.5 Å². The van der Waals surface area contributed by atoms with E-state index in [4.69, 9.17) is 0 Å². The first-order chi connectivity index (χ1) is 9.92. The lowest BCUT2D eigenvalue weighted by Gasteiger charge is -2.26. The van der Waals surface area contributed by atoms with E-state index in [2.05, 4.69) is 19.2 Å². The summed E-state index contributed by atoms with van der Waals surface area (Å²) in [6.45, 7) is 7.91. The zero-order valence-electron chi connectivity index (χ0n) is 13.0. The van der Waals surface area contributed by atoms with Crippen molar-refractivity contribution in [3.8, 4) is 0 Å². The molecular formula is C16H25FN2O2. The minimum atomic E-state index is -0.737. The van der Waals surface area contributed by atoms with Crippen LogP contribution in [0, 0.1) is 11.7 Å². The van der Waals surface area contributed by atoms with Crippen LogP contribution in [0.3, 0.4) is 0 Å². The van der Waals surface area contributed by atoms with Crippen LogP contribution in [0.4, 0.5) is 4.39 Å². The first-order valence-electron chi connectivity index (χ1n) is 7.35. The van der Waals surface area contributed by atoms with Crippen molar-refractivity contribution >= 4 is 5.91 Å². The number of nitrogens with zero attached hydrogens (tertiary/aromatic N) is 1. The summed E-state index contributed by atoms with van der Waals surface area (Å²) < 4.78 is 12.9. The summed E-state index contributed by atoms with van der Waals surface area (Å²) in [6.07, 6.45) is -0.737. The summed E-state index contributed by atoms with van der Waals surface area (Å²) in [6, 6.07) is 5.80. The third-order valence-electron chi connectivity index (χ3n) is 3.05. The Bertz CT molecular complexity index is 434. The molecule has 1 amide bonds. The van der Waals surface area contributed by atoms with E-state index in [1.54, 1.807) is 12.1 Å². The van der Waals surface area contributed by atoms with Crippen LogP contribution in [0.25, 0.3) is 0 Å². The highest BCUT2D eigenvalue weighted by atomic mass is 19.1. The summed E-state index contributed by atoms with van der Waals surface area (Å²) in [4.78, 5) is 13.6. The average molecular weight is 296 g/mol. The summed E-state index contributed by atoms with van der Waals surface area (Å²) >= 11 is 0. The Morgan fingerprint density at radius 1 is 1.29 bits per heavy atom. The molecule has 0 saturated carbocycles. The van der Waals surface area contributed by atoms with Crippen LogP contribution in [-0.4, -0.2) is 42.1 Å². The molecule has 0 saturated heterocycles. The zero-order valence-corrected chi connectivity index (χ0v) is 13.0. The van der Waals surface area contributed by atoms with Crippen LogP contribution in [0.15, 0.2) is 24.3 Å². The lowest BCUT2D eigenvalue weighted by Crippen LogP contribution is -2.40. The summed E-state index contributed by atoms with van der Waals surface area (Å²) in [7, 11) is 0. The van der Waals surface area contributed by atoms with E-state index in [0.717, 1.165) is 6.54 Å². The SMILES string of the molecule is CCNC(=O)CN(CC(C)C)CC(O)c1ccc(F)cc1. The van der Waals surface area contributed by atoms with E-state index in [9.17, 15) is 14.3 Å². The van der Waals surface area contributed by atoms with Gasteiger partial charge in [0.2, 0.25) is 5.91 Å². The topological polar surface area (TPSA) is 52.6 Å². The third kappa shape index (κ3) is 6.69. The van der Waals surface area contributed by atoms with Crippen LogP contribution < -0.4 is 5.32 Å². The number of nitrogens with one attached hydrogen (secondary N) is 1. The molecule has 1 atom stereocenters. The van der Waals surface area contributed by atoms with E-state index in [0.29, 0.717) is 24.6 Å². The van der Waals surface area contributed by atoms with Crippen molar-refractivity contribution in [1.29, 1.82) is 0 Å². The Morgan fingerprint density at radius 2 is 1.90 bits per heavy atom. The van der Waals surface area contributed by atoms with Gasteiger partial charge in [0.1, 0.15) is 5.82 Å². The molecule has 4 nitrogen and oxygen atoms in total. The maximum absolute atomic E-state index is 12.9. The van der Waals surface area contributed by atoms with Gasteiger partial charge in [0.05, 0.1) is 12.6 Å². The Hall–Kier alpha value is -1.46. The van der Waals surface area contributed by atoms with Crippen LogP contribution in [0.1, 0.15) is 32.4 Å². The van der Waals surface area contributed by atoms with E-state index in [1.807, 2.05) is 11.8 Å². The van der Waals surface area contributed by atoms with Gasteiger partial charge in [0.25, 0.3) is 0 Å². The second-order valence-corrected chi connectivity index (χ2v) is 5.61. The molecule has 0 aliphatic carbocycles. The highest BCUT2D eigenvalue weighted by molar-refractivity contribution is 5.77. The molecular weight excluding hydrogens is 271 g/mol. The minimum absolute atomic E-state index is 0.0514. The summed E-state index contributed by atoms with van der Waals surface area (Å²) in [5.41, 5.74) is 0.654. The molecule has 0 aliphatic heterocycles. The number of carbonyl (C=O) groups excluding carboxylic acids is 1. The second kappa shape index (κ2) is 8.74. The molecule has 1 aromatic carbocycles. The number of aliphatic hydroxyl groups is 1.